The summed E-state index contributed by atoms with van der Waals surface area (Å²) in [7, 11) is -1.52. The fourth-order valence-electron chi connectivity index (χ4n) is 3.44. The summed E-state index contributed by atoms with van der Waals surface area (Å²) in [6.45, 7) is 2.28. The summed E-state index contributed by atoms with van der Waals surface area (Å²) in [5.74, 6) is 0. The summed E-state index contributed by atoms with van der Waals surface area (Å²) in [5, 5.41) is 0.392. The van der Waals surface area contributed by atoms with Crippen LogP contribution in [0.3, 0.4) is 0 Å². The van der Waals surface area contributed by atoms with Crippen LogP contribution in [0.25, 0.3) is 0 Å². The van der Waals surface area contributed by atoms with Crippen molar-refractivity contribution in [3.63, 3.8) is 0 Å². The maximum Gasteiger partial charge on any atom is 0.243 e. The molecule has 1 aliphatic rings. The molecule has 0 nitrogen and oxygen atoms in total. The molecule has 0 heterocycles. The molecule has 0 aromatic carbocycles. The minimum atomic E-state index is -1.52. The van der Waals surface area contributed by atoms with Gasteiger partial charge in [0, 0.05) is 0 Å². The van der Waals surface area contributed by atoms with Crippen molar-refractivity contribution in [3.8, 4) is 0 Å². The number of halogens is 2. The van der Waals surface area contributed by atoms with E-state index in [4.69, 9.17) is 22.2 Å². The Kier molecular flexibility index (Phi) is 9.88. The standard InChI is InChI=1S/C16H32Cl2Si/c1-2-3-4-5-6-7-8-10-13-16(19(17)18)14-11-9-12-15-16/h19H,2-15H2,1H3. The molecule has 0 aliphatic heterocycles. The highest BCUT2D eigenvalue weighted by Crippen LogP contribution is 2.51. The van der Waals surface area contributed by atoms with Crippen LogP contribution in [0.1, 0.15) is 96.8 Å². The highest BCUT2D eigenvalue weighted by Gasteiger charge is 2.38. The Bertz CT molecular complexity index is 213. The molecule has 1 aliphatic carbocycles. The van der Waals surface area contributed by atoms with Crippen LogP contribution in [-0.4, -0.2) is 7.42 Å². The first-order valence-corrected chi connectivity index (χ1v) is 12.6. The highest BCUT2D eigenvalue weighted by atomic mass is 35.7. The van der Waals surface area contributed by atoms with Crippen LogP contribution >= 0.6 is 22.2 Å². The smallest absolute Gasteiger partial charge is 0.150 e. The average molecular weight is 323 g/mol. The van der Waals surface area contributed by atoms with Crippen LogP contribution < -0.4 is 0 Å². The van der Waals surface area contributed by atoms with E-state index < -0.39 is 7.42 Å². The second-order valence-electron chi connectivity index (χ2n) is 6.45. The van der Waals surface area contributed by atoms with Crippen molar-refractivity contribution >= 4 is 29.6 Å². The third-order valence-corrected chi connectivity index (χ3v) is 9.41. The summed E-state index contributed by atoms with van der Waals surface area (Å²) in [6, 6.07) is 0. The van der Waals surface area contributed by atoms with Gasteiger partial charge >= 0.3 is 0 Å². The summed E-state index contributed by atoms with van der Waals surface area (Å²) in [5.41, 5.74) is 0. The van der Waals surface area contributed by atoms with Crippen LogP contribution in [0.15, 0.2) is 0 Å². The largest absolute Gasteiger partial charge is 0.243 e. The lowest BCUT2D eigenvalue weighted by atomic mass is 9.84. The van der Waals surface area contributed by atoms with E-state index in [1.165, 1.54) is 89.9 Å². The Morgan fingerprint density at radius 1 is 0.789 bits per heavy atom. The lowest BCUT2D eigenvalue weighted by molar-refractivity contribution is 0.344. The predicted molar refractivity (Wildman–Crippen MR) is 91.9 cm³/mol. The molecule has 0 spiro atoms. The fourth-order valence-corrected chi connectivity index (χ4v) is 6.68. The number of hydrogen-bond donors (Lipinski definition) is 0. The van der Waals surface area contributed by atoms with Gasteiger partial charge in [0.1, 0.15) is 0 Å². The van der Waals surface area contributed by atoms with Crippen molar-refractivity contribution in [2.75, 3.05) is 0 Å². The van der Waals surface area contributed by atoms with Crippen molar-refractivity contribution in [3.05, 3.63) is 0 Å². The van der Waals surface area contributed by atoms with Crippen LogP contribution in [-0.2, 0) is 0 Å². The molecule has 1 saturated carbocycles. The van der Waals surface area contributed by atoms with Gasteiger partial charge in [-0.3, -0.25) is 0 Å². The van der Waals surface area contributed by atoms with Gasteiger partial charge in [-0.25, -0.2) is 0 Å². The van der Waals surface area contributed by atoms with Gasteiger partial charge in [-0.05, 0) is 24.3 Å². The molecular weight excluding hydrogens is 291 g/mol. The van der Waals surface area contributed by atoms with E-state index in [1.807, 2.05) is 0 Å². The Hall–Kier alpha value is 0.797. The van der Waals surface area contributed by atoms with Crippen molar-refractivity contribution in [1.82, 2.24) is 0 Å². The molecule has 0 bridgehead atoms. The molecular formula is C16H32Cl2Si. The molecule has 0 saturated heterocycles. The molecule has 19 heavy (non-hydrogen) atoms. The molecule has 0 unspecified atom stereocenters. The van der Waals surface area contributed by atoms with Gasteiger partial charge in [0.05, 0.1) is 0 Å². The molecule has 3 heteroatoms. The molecule has 1 fully saturated rings. The topological polar surface area (TPSA) is 0 Å². The molecule has 114 valence electrons. The fraction of sp³-hybridized carbons (Fsp3) is 1.00. The summed E-state index contributed by atoms with van der Waals surface area (Å²) >= 11 is 12.8. The Balaban J connectivity index is 2.08. The van der Waals surface area contributed by atoms with Crippen molar-refractivity contribution in [2.45, 2.75) is 102 Å². The summed E-state index contributed by atoms with van der Waals surface area (Å²) in [4.78, 5) is 0. The van der Waals surface area contributed by atoms with E-state index in [0.29, 0.717) is 5.04 Å². The SMILES string of the molecule is CCCCCCCCCCC1([SiH](Cl)Cl)CCCCC1. The Labute approximate surface area is 131 Å². The number of unbranched alkanes of at least 4 members (excludes halogenated alkanes) is 7. The first-order valence-electron chi connectivity index (χ1n) is 8.49. The van der Waals surface area contributed by atoms with Crippen LogP contribution in [0, 0.1) is 0 Å². The quantitative estimate of drug-likeness (QED) is 0.232. The van der Waals surface area contributed by atoms with Crippen molar-refractivity contribution in [1.29, 1.82) is 0 Å². The Morgan fingerprint density at radius 3 is 1.84 bits per heavy atom. The summed E-state index contributed by atoms with van der Waals surface area (Å²) < 4.78 is 0. The third kappa shape index (κ3) is 6.86. The molecule has 0 radical (unpaired) electrons. The third-order valence-electron chi connectivity index (χ3n) is 4.84. The predicted octanol–water partition coefficient (Wildman–Crippen LogP) is 6.92. The normalized spacial score (nSPS) is 18.9. The van der Waals surface area contributed by atoms with E-state index in [2.05, 4.69) is 6.92 Å². The lowest BCUT2D eigenvalue weighted by Crippen LogP contribution is -2.27. The van der Waals surface area contributed by atoms with E-state index >= 15 is 0 Å². The lowest BCUT2D eigenvalue weighted by Gasteiger charge is -2.37. The van der Waals surface area contributed by atoms with Gasteiger partial charge < -0.3 is 0 Å². The first-order chi connectivity index (χ1) is 9.21. The van der Waals surface area contributed by atoms with Crippen molar-refractivity contribution < 1.29 is 0 Å². The van der Waals surface area contributed by atoms with Gasteiger partial charge in [-0.15, -0.1) is 22.2 Å². The van der Waals surface area contributed by atoms with Crippen LogP contribution in [0.2, 0.25) is 5.04 Å². The summed E-state index contributed by atoms with van der Waals surface area (Å²) in [6.07, 6.45) is 19.3. The van der Waals surface area contributed by atoms with E-state index in [-0.39, 0.29) is 0 Å². The van der Waals surface area contributed by atoms with Gasteiger partial charge in [-0.1, -0.05) is 77.6 Å². The maximum atomic E-state index is 6.41. The van der Waals surface area contributed by atoms with E-state index in [1.54, 1.807) is 0 Å². The van der Waals surface area contributed by atoms with Crippen LogP contribution in [0.5, 0.6) is 0 Å². The molecule has 0 aromatic rings. The zero-order valence-corrected chi connectivity index (χ0v) is 15.4. The van der Waals surface area contributed by atoms with E-state index in [0.717, 1.165) is 0 Å². The van der Waals surface area contributed by atoms with Gasteiger partial charge in [0.25, 0.3) is 0 Å². The molecule has 0 aromatic heterocycles. The van der Waals surface area contributed by atoms with Gasteiger partial charge in [0.2, 0.25) is 7.42 Å². The van der Waals surface area contributed by atoms with E-state index in [9.17, 15) is 0 Å². The van der Waals surface area contributed by atoms with Crippen molar-refractivity contribution in [2.24, 2.45) is 0 Å². The zero-order chi connectivity index (χ0) is 14.0. The highest BCUT2D eigenvalue weighted by molar-refractivity contribution is 7.35. The second kappa shape index (κ2) is 10.5. The zero-order valence-electron chi connectivity index (χ0n) is 12.7. The molecule has 0 N–H and O–H groups in total. The minimum Gasteiger partial charge on any atom is -0.150 e. The minimum absolute atomic E-state index is 0.392. The number of rotatable bonds is 10. The Morgan fingerprint density at radius 2 is 1.32 bits per heavy atom. The molecule has 1 rings (SSSR count). The first kappa shape index (κ1) is 17.8. The van der Waals surface area contributed by atoms with Crippen LogP contribution in [0.4, 0.5) is 0 Å². The number of hydrogen-bond acceptors (Lipinski definition) is 0. The molecule has 0 amide bonds. The molecule has 0 atom stereocenters. The monoisotopic (exact) mass is 322 g/mol. The van der Waals surface area contributed by atoms with Gasteiger partial charge in [0.15, 0.2) is 0 Å². The van der Waals surface area contributed by atoms with Gasteiger partial charge in [-0.2, -0.15) is 0 Å². The maximum absolute atomic E-state index is 6.41. The second-order valence-corrected chi connectivity index (χ2v) is 11.6. The average Bonchev–Trinajstić information content (AvgIpc) is 2.42.